The smallest absolute Gasteiger partial charge is 0.140 e. The Balaban J connectivity index is 3.14. The average molecular weight is 294 g/mol. The minimum absolute atomic E-state index is 0.0741. The van der Waals surface area contributed by atoms with Crippen LogP contribution in [0.1, 0.15) is 40.5 Å². The molecule has 0 radical (unpaired) electrons. The second-order valence-corrected chi connectivity index (χ2v) is 5.41. The summed E-state index contributed by atoms with van der Waals surface area (Å²) in [5.41, 5.74) is 8.33. The van der Waals surface area contributed by atoms with Gasteiger partial charge in [-0.15, -0.1) is 0 Å². The summed E-state index contributed by atoms with van der Waals surface area (Å²) in [4.78, 5) is 0. The lowest BCUT2D eigenvalue weighted by molar-refractivity contribution is 0.00349. The Bertz CT molecular complexity index is 427. The predicted octanol–water partition coefficient (Wildman–Crippen LogP) is 3.30. The van der Waals surface area contributed by atoms with Crippen molar-refractivity contribution in [3.63, 3.8) is 0 Å². The van der Waals surface area contributed by atoms with Gasteiger partial charge >= 0.3 is 0 Å². The Labute approximate surface area is 129 Å². The van der Waals surface area contributed by atoms with E-state index >= 15 is 0 Å². The van der Waals surface area contributed by atoms with Crippen molar-refractivity contribution in [2.45, 2.75) is 46.6 Å². The quantitative estimate of drug-likeness (QED) is 0.506. The fourth-order valence-corrected chi connectivity index (χ4v) is 2.82. The summed E-state index contributed by atoms with van der Waals surface area (Å²) >= 11 is 0. The van der Waals surface area contributed by atoms with Crippen molar-refractivity contribution >= 4 is 0 Å². The lowest BCUT2D eigenvalue weighted by Gasteiger charge is -2.37. The molecule has 0 saturated heterocycles. The molecule has 1 rings (SSSR count). The van der Waals surface area contributed by atoms with Gasteiger partial charge in [0.1, 0.15) is 5.76 Å². The number of methoxy groups -OCH3 is 1. The number of rotatable bonds is 9. The van der Waals surface area contributed by atoms with Crippen LogP contribution in [0.3, 0.4) is 0 Å². The van der Waals surface area contributed by atoms with E-state index in [1.165, 1.54) is 5.57 Å². The maximum atomic E-state index is 6.07. The zero-order valence-electron chi connectivity index (χ0n) is 14.2. The van der Waals surface area contributed by atoms with E-state index in [1.54, 1.807) is 7.11 Å². The van der Waals surface area contributed by atoms with Crippen LogP contribution in [0.2, 0.25) is 0 Å². The van der Waals surface area contributed by atoms with E-state index in [1.807, 2.05) is 14.0 Å². The SMILES string of the molecule is CC/C=C\C[C@@H](OCC)[C@@]1(C)C(C)=CC(OC)=C1NNC. The van der Waals surface area contributed by atoms with Gasteiger partial charge in [0.2, 0.25) is 0 Å². The fraction of sp³-hybridized carbons (Fsp3) is 0.647. The molecule has 2 atom stereocenters. The molecule has 0 fully saturated rings. The highest BCUT2D eigenvalue weighted by atomic mass is 16.5. The summed E-state index contributed by atoms with van der Waals surface area (Å²) in [5, 5.41) is 0. The molecule has 0 aromatic rings. The zero-order chi connectivity index (χ0) is 15.9. The summed E-state index contributed by atoms with van der Waals surface area (Å²) in [6.45, 7) is 9.23. The summed E-state index contributed by atoms with van der Waals surface area (Å²) in [5.74, 6) is 0.869. The largest absolute Gasteiger partial charge is 0.495 e. The highest BCUT2D eigenvalue weighted by Crippen LogP contribution is 2.46. The van der Waals surface area contributed by atoms with Gasteiger partial charge in [0.25, 0.3) is 0 Å². The van der Waals surface area contributed by atoms with Crippen LogP contribution in [0, 0.1) is 5.41 Å². The lowest BCUT2D eigenvalue weighted by Crippen LogP contribution is -2.44. The van der Waals surface area contributed by atoms with Crippen LogP contribution < -0.4 is 10.9 Å². The van der Waals surface area contributed by atoms with Crippen molar-refractivity contribution in [3.05, 3.63) is 35.3 Å². The summed E-state index contributed by atoms with van der Waals surface area (Å²) < 4.78 is 11.6. The van der Waals surface area contributed by atoms with Crippen molar-refractivity contribution in [2.75, 3.05) is 20.8 Å². The molecule has 0 amide bonds. The number of hydrogen-bond donors (Lipinski definition) is 2. The van der Waals surface area contributed by atoms with Crippen LogP contribution in [-0.4, -0.2) is 26.9 Å². The molecule has 0 aromatic heterocycles. The molecule has 21 heavy (non-hydrogen) atoms. The molecule has 0 bridgehead atoms. The Hall–Kier alpha value is -1.26. The third-order valence-corrected chi connectivity index (χ3v) is 4.17. The second-order valence-electron chi connectivity index (χ2n) is 5.41. The summed E-state index contributed by atoms with van der Waals surface area (Å²) in [7, 11) is 3.57. The van der Waals surface area contributed by atoms with Gasteiger partial charge in [-0.2, -0.15) is 0 Å². The third kappa shape index (κ3) is 3.69. The van der Waals surface area contributed by atoms with Gasteiger partial charge in [0.05, 0.1) is 24.3 Å². The van der Waals surface area contributed by atoms with Crippen LogP contribution in [-0.2, 0) is 9.47 Å². The maximum Gasteiger partial charge on any atom is 0.140 e. The number of hydrogen-bond acceptors (Lipinski definition) is 4. The standard InChI is InChI=1S/C17H30N2O2/c1-7-9-10-11-15(21-8-2)17(4)13(3)12-14(20-6)16(17)19-18-5/h9-10,12,15,18-19H,7-8,11H2,1-6H3/b10-9-/t15-,17-/m1/s1. The van der Waals surface area contributed by atoms with E-state index in [-0.39, 0.29) is 11.5 Å². The molecule has 0 spiro atoms. The first-order valence-corrected chi connectivity index (χ1v) is 7.73. The van der Waals surface area contributed by atoms with Gasteiger partial charge in [0.15, 0.2) is 0 Å². The van der Waals surface area contributed by atoms with Crippen molar-refractivity contribution in [1.82, 2.24) is 10.9 Å². The van der Waals surface area contributed by atoms with Crippen LogP contribution in [0.5, 0.6) is 0 Å². The first kappa shape index (κ1) is 17.8. The first-order valence-electron chi connectivity index (χ1n) is 7.73. The summed E-state index contributed by atoms with van der Waals surface area (Å²) in [6, 6.07) is 0. The molecule has 4 nitrogen and oxygen atoms in total. The number of nitrogens with one attached hydrogen (secondary N) is 2. The molecule has 120 valence electrons. The molecule has 0 saturated carbocycles. The van der Waals surface area contributed by atoms with Crippen LogP contribution >= 0.6 is 0 Å². The molecular formula is C17H30N2O2. The molecule has 1 aliphatic carbocycles. The molecule has 1 aliphatic rings. The number of allylic oxidation sites excluding steroid dienone is 2. The molecule has 0 aliphatic heterocycles. The predicted molar refractivity (Wildman–Crippen MR) is 87.6 cm³/mol. The van der Waals surface area contributed by atoms with Gasteiger partial charge in [0, 0.05) is 13.7 Å². The summed E-state index contributed by atoms with van der Waals surface area (Å²) in [6.07, 6.45) is 8.50. The average Bonchev–Trinajstić information content (AvgIpc) is 2.72. The third-order valence-electron chi connectivity index (χ3n) is 4.17. The number of hydrazine groups is 1. The van der Waals surface area contributed by atoms with Gasteiger partial charge in [-0.3, -0.25) is 0 Å². The number of ether oxygens (including phenoxy) is 2. The van der Waals surface area contributed by atoms with E-state index in [0.29, 0.717) is 6.61 Å². The highest BCUT2D eigenvalue weighted by molar-refractivity contribution is 5.43. The fourth-order valence-electron chi connectivity index (χ4n) is 2.82. The van der Waals surface area contributed by atoms with Gasteiger partial charge in [-0.05, 0) is 39.7 Å². The molecule has 2 N–H and O–H groups in total. The van der Waals surface area contributed by atoms with Crippen molar-refractivity contribution in [3.8, 4) is 0 Å². The van der Waals surface area contributed by atoms with Crippen LogP contribution in [0.25, 0.3) is 0 Å². The van der Waals surface area contributed by atoms with E-state index in [9.17, 15) is 0 Å². The zero-order valence-corrected chi connectivity index (χ0v) is 14.2. The Morgan fingerprint density at radius 1 is 1.33 bits per heavy atom. The Kier molecular flexibility index (Phi) is 6.99. The monoisotopic (exact) mass is 294 g/mol. The first-order chi connectivity index (χ1) is 10.1. The van der Waals surface area contributed by atoms with E-state index in [4.69, 9.17) is 9.47 Å². The topological polar surface area (TPSA) is 42.5 Å². The molecule has 4 heteroatoms. The van der Waals surface area contributed by atoms with E-state index in [0.717, 1.165) is 24.3 Å². The molecule has 0 unspecified atom stereocenters. The highest BCUT2D eigenvalue weighted by Gasteiger charge is 2.45. The molecule has 0 aromatic carbocycles. The van der Waals surface area contributed by atoms with E-state index in [2.05, 4.69) is 49.9 Å². The minimum Gasteiger partial charge on any atom is -0.495 e. The van der Waals surface area contributed by atoms with Gasteiger partial charge in [-0.25, -0.2) is 5.43 Å². The van der Waals surface area contributed by atoms with Crippen molar-refractivity contribution in [2.24, 2.45) is 5.41 Å². The Morgan fingerprint density at radius 3 is 2.57 bits per heavy atom. The normalized spacial score (nSPS) is 23.6. The second kappa shape index (κ2) is 8.25. The van der Waals surface area contributed by atoms with Gasteiger partial charge < -0.3 is 14.9 Å². The maximum absolute atomic E-state index is 6.07. The van der Waals surface area contributed by atoms with Crippen molar-refractivity contribution < 1.29 is 9.47 Å². The van der Waals surface area contributed by atoms with Crippen LogP contribution in [0.4, 0.5) is 0 Å². The van der Waals surface area contributed by atoms with Crippen LogP contribution in [0.15, 0.2) is 35.3 Å². The lowest BCUT2D eigenvalue weighted by atomic mass is 9.76. The minimum atomic E-state index is -0.220. The van der Waals surface area contributed by atoms with E-state index < -0.39 is 0 Å². The molecular weight excluding hydrogens is 264 g/mol. The molecule has 0 heterocycles. The Morgan fingerprint density at radius 2 is 2.05 bits per heavy atom. The van der Waals surface area contributed by atoms with Crippen molar-refractivity contribution in [1.29, 1.82) is 0 Å². The van der Waals surface area contributed by atoms with Gasteiger partial charge in [-0.1, -0.05) is 24.6 Å².